The second kappa shape index (κ2) is 20.0. The van der Waals surface area contributed by atoms with Gasteiger partial charge in [-0.15, -0.1) is 11.6 Å². The highest BCUT2D eigenvalue weighted by atomic mass is 35.5. The summed E-state index contributed by atoms with van der Waals surface area (Å²) in [5, 5.41) is 2.93. The predicted molar refractivity (Wildman–Crippen MR) is 242 cm³/mol. The van der Waals surface area contributed by atoms with Crippen LogP contribution in [0.1, 0.15) is 63.1 Å². The largest absolute Gasteiger partial charge is 0.457 e. The molecule has 0 saturated carbocycles. The highest BCUT2D eigenvalue weighted by Gasteiger charge is 2.62. The van der Waals surface area contributed by atoms with Gasteiger partial charge < -0.3 is 54.1 Å². The summed E-state index contributed by atoms with van der Waals surface area (Å²) < 4.78 is 29.0. The minimum Gasteiger partial charge on any atom is -0.457 e. The molecule has 6 aliphatic rings. The topological polar surface area (TPSA) is 176 Å². The average molecular weight is 910 g/mol. The number of Topliss-reactive ketones (excluding diaryl/α,β-unsaturated/α-hetero) is 1. The number of morpholine rings is 2. The third kappa shape index (κ3) is 8.87. The normalized spacial score (nSPS) is 18.9. The number of hydrogen-bond acceptors (Lipinski definition) is 11. The molecule has 17 heteroatoms. The van der Waals surface area contributed by atoms with Crippen LogP contribution in [0.5, 0.6) is 11.5 Å². The highest BCUT2D eigenvalue weighted by molar-refractivity contribution is 6.52. The summed E-state index contributed by atoms with van der Waals surface area (Å²) in [6.45, 7) is 8.78. The van der Waals surface area contributed by atoms with Crippen LogP contribution in [0.3, 0.4) is 0 Å². The van der Waals surface area contributed by atoms with Crippen LogP contribution in [0.15, 0.2) is 54.6 Å². The maximum atomic E-state index is 14.4. The Labute approximate surface area is 383 Å². The lowest BCUT2D eigenvalue weighted by Gasteiger charge is -2.44. The molecule has 3 aromatic rings. The van der Waals surface area contributed by atoms with Crippen LogP contribution in [0.4, 0.5) is 11.4 Å². The summed E-state index contributed by atoms with van der Waals surface area (Å²) in [7, 11) is 0. The zero-order chi connectivity index (χ0) is 44.9. The van der Waals surface area contributed by atoms with Gasteiger partial charge in [-0.3, -0.25) is 19.2 Å². The molecule has 16 nitrogen and oxygen atoms in total. The predicted octanol–water partition coefficient (Wildman–Crippen LogP) is 4.15. The van der Waals surface area contributed by atoms with Crippen molar-refractivity contribution in [2.75, 3.05) is 127 Å². The van der Waals surface area contributed by atoms with E-state index in [-0.39, 0.29) is 41.8 Å². The van der Waals surface area contributed by atoms with Crippen molar-refractivity contribution in [2.45, 2.75) is 31.1 Å². The van der Waals surface area contributed by atoms with Crippen molar-refractivity contribution < 1.29 is 47.7 Å². The van der Waals surface area contributed by atoms with Gasteiger partial charge in [-0.1, -0.05) is 25.0 Å². The summed E-state index contributed by atoms with van der Waals surface area (Å²) in [6, 6.07) is 16.4. The van der Waals surface area contributed by atoms with Crippen molar-refractivity contribution in [1.29, 1.82) is 0 Å². The van der Waals surface area contributed by atoms with Crippen molar-refractivity contribution >= 4 is 52.2 Å². The molecule has 5 aliphatic heterocycles. The van der Waals surface area contributed by atoms with E-state index in [1.807, 2.05) is 46.2 Å². The van der Waals surface area contributed by atoms with E-state index in [1.165, 1.54) is 0 Å². The van der Waals surface area contributed by atoms with Gasteiger partial charge >= 0.3 is 5.71 Å². The van der Waals surface area contributed by atoms with Crippen LogP contribution in [-0.4, -0.2) is 161 Å². The zero-order valence-corrected chi connectivity index (χ0v) is 37.4. The Morgan fingerprint density at radius 2 is 1.26 bits per heavy atom. The summed E-state index contributed by atoms with van der Waals surface area (Å²) in [5.41, 5.74) is 13.2. The van der Waals surface area contributed by atoms with Crippen molar-refractivity contribution in [3.05, 3.63) is 87.9 Å². The van der Waals surface area contributed by atoms with Gasteiger partial charge in [-0.25, -0.2) is 0 Å². The molecule has 4 fully saturated rings. The number of amides is 3. The van der Waals surface area contributed by atoms with Crippen molar-refractivity contribution in [2.24, 2.45) is 11.8 Å². The van der Waals surface area contributed by atoms with Crippen LogP contribution in [0.25, 0.3) is 5.53 Å². The lowest BCUT2D eigenvalue weighted by Crippen LogP contribution is -2.56. The van der Waals surface area contributed by atoms with E-state index < -0.39 is 11.2 Å². The molecule has 65 heavy (non-hydrogen) atoms. The lowest BCUT2D eigenvalue weighted by atomic mass is 9.67. The lowest BCUT2D eigenvalue weighted by molar-refractivity contribution is -0.141. The van der Waals surface area contributed by atoms with E-state index in [4.69, 9.17) is 35.3 Å². The van der Waals surface area contributed by atoms with E-state index in [0.717, 1.165) is 37.1 Å². The monoisotopic (exact) mass is 909 g/mol. The number of benzene rings is 3. The number of carbonyl (C=O) groups is 4. The van der Waals surface area contributed by atoms with Gasteiger partial charge in [0.25, 0.3) is 11.7 Å². The van der Waals surface area contributed by atoms with Gasteiger partial charge in [0.15, 0.2) is 5.41 Å². The molecule has 5 heterocycles. The van der Waals surface area contributed by atoms with Crippen LogP contribution >= 0.6 is 11.6 Å². The molecule has 0 unspecified atom stereocenters. The Morgan fingerprint density at radius 1 is 0.708 bits per heavy atom. The smallest absolute Gasteiger partial charge is 0.358 e. The van der Waals surface area contributed by atoms with Gasteiger partial charge in [0, 0.05) is 117 Å². The SMILES string of the molecule is [N-]=[N+]=C1C(=O)c2ccc(C(=O)NCCOCCOCCCCCCCl)cc2C12c1ccc(N3CC(C(=O)N4CCOCC4)C3)cc1Oc1cc(N3CC(C(=O)N4CCOCC4)C3)ccc12. The number of nitrogens with one attached hydrogen (secondary N) is 1. The number of rotatable bonds is 17. The van der Waals surface area contributed by atoms with Crippen LogP contribution in [0, 0.1) is 11.8 Å². The summed E-state index contributed by atoms with van der Waals surface area (Å²) in [5.74, 6) is 0.736. The Hall–Kier alpha value is -5.35. The average Bonchev–Trinajstić information content (AvgIpc) is 3.55. The number of unbranched alkanes of at least 4 members (excludes halogenated alkanes) is 3. The Morgan fingerprint density at radius 3 is 1.82 bits per heavy atom. The van der Waals surface area contributed by atoms with E-state index in [0.29, 0.717) is 150 Å². The molecular formula is C48H56ClN7O9. The molecule has 0 aromatic heterocycles. The second-order valence-corrected chi connectivity index (χ2v) is 17.8. The van der Waals surface area contributed by atoms with Crippen molar-refractivity contribution in [3.63, 3.8) is 0 Å². The van der Waals surface area contributed by atoms with Crippen LogP contribution < -0.4 is 19.9 Å². The first-order chi connectivity index (χ1) is 31.8. The van der Waals surface area contributed by atoms with Gasteiger partial charge in [-0.05, 0) is 48.7 Å². The van der Waals surface area contributed by atoms with Gasteiger partial charge in [-0.2, -0.15) is 4.79 Å². The first-order valence-corrected chi connectivity index (χ1v) is 23.5. The van der Waals surface area contributed by atoms with Gasteiger partial charge in [0.1, 0.15) is 11.5 Å². The van der Waals surface area contributed by atoms with E-state index in [9.17, 15) is 24.7 Å². The number of nitrogens with zero attached hydrogens (tertiary/aromatic N) is 6. The second-order valence-electron chi connectivity index (χ2n) is 17.4. The number of alkyl halides is 1. The Bertz CT molecular complexity index is 2240. The molecule has 3 amide bonds. The summed E-state index contributed by atoms with van der Waals surface area (Å²) in [6.07, 6.45) is 4.17. The summed E-state index contributed by atoms with van der Waals surface area (Å²) >= 11 is 5.74. The number of halogens is 1. The number of ether oxygens (including phenoxy) is 5. The Balaban J connectivity index is 0.966. The van der Waals surface area contributed by atoms with E-state index in [1.54, 1.807) is 18.2 Å². The number of anilines is 2. The minimum absolute atomic E-state index is 0.109. The quantitative estimate of drug-likeness (QED) is 0.0892. The summed E-state index contributed by atoms with van der Waals surface area (Å²) in [4.78, 5) is 66.4. The first kappa shape index (κ1) is 44.8. The molecule has 4 saturated heterocycles. The fourth-order valence-corrected chi connectivity index (χ4v) is 10.0. The Kier molecular flexibility index (Phi) is 13.8. The fourth-order valence-electron chi connectivity index (χ4n) is 9.84. The number of carbonyl (C=O) groups excluding carboxylic acids is 4. The van der Waals surface area contributed by atoms with Gasteiger partial charge in [0.2, 0.25) is 11.8 Å². The van der Waals surface area contributed by atoms with Crippen molar-refractivity contribution in [3.8, 4) is 11.5 Å². The fraction of sp³-hybridized carbons (Fsp3) is 0.521. The maximum absolute atomic E-state index is 14.4. The molecule has 0 atom stereocenters. The van der Waals surface area contributed by atoms with Crippen LogP contribution in [0.2, 0.25) is 0 Å². The third-order valence-corrected chi connectivity index (χ3v) is 13.7. The molecule has 0 radical (unpaired) electrons. The molecule has 3 aromatic carbocycles. The minimum atomic E-state index is -1.45. The first-order valence-electron chi connectivity index (χ1n) is 22.9. The van der Waals surface area contributed by atoms with Gasteiger partial charge in [0.05, 0.1) is 58.1 Å². The number of hydrogen-bond donors (Lipinski definition) is 1. The van der Waals surface area contributed by atoms with Crippen LogP contribution in [-0.2, 0) is 34.0 Å². The maximum Gasteiger partial charge on any atom is 0.358 e. The molecule has 344 valence electrons. The van der Waals surface area contributed by atoms with E-state index in [2.05, 4.69) is 19.9 Å². The molecule has 1 spiro atoms. The van der Waals surface area contributed by atoms with E-state index >= 15 is 0 Å². The molecule has 1 N–H and O–H groups in total. The third-order valence-electron chi connectivity index (χ3n) is 13.5. The molecule has 0 bridgehead atoms. The van der Waals surface area contributed by atoms with Crippen molar-refractivity contribution in [1.82, 2.24) is 15.1 Å². The molecule has 9 rings (SSSR count). The standard InChI is InChI=1S/C48H56ClN7O9/c49-11-3-1-2-4-17-61-23-24-62-18-12-51-45(58)32-5-8-37-40(25-32)48(44(52-50)43(37)57)38-9-6-35(55-28-33(29-55)46(59)53-13-19-63-20-14-53)26-41(38)65-42-27-36(7-10-39(42)48)56-30-34(31-56)47(60)54-15-21-64-22-16-54/h5-10,25-27,33-34H,1-4,11-24,28-31H2,(H,51,58). The number of ketones is 1. The molecular weight excluding hydrogens is 854 g/mol. The zero-order valence-electron chi connectivity index (χ0n) is 36.6. The number of fused-ring (bicyclic) bond motifs is 6. The highest BCUT2D eigenvalue weighted by Crippen LogP contribution is 2.57. The molecule has 1 aliphatic carbocycles.